The van der Waals surface area contributed by atoms with Crippen molar-refractivity contribution in [3.05, 3.63) is 17.0 Å². The van der Waals surface area contributed by atoms with Gasteiger partial charge in [-0.3, -0.25) is 0 Å². The highest BCUT2D eigenvalue weighted by molar-refractivity contribution is 14.0. The SMILES string of the molecule is CCNC(=NCc1c(C)noc1C)NCC1CCOCC1.I. The van der Waals surface area contributed by atoms with Crippen LogP contribution in [0.3, 0.4) is 0 Å². The van der Waals surface area contributed by atoms with Gasteiger partial charge in [0.25, 0.3) is 0 Å². The van der Waals surface area contributed by atoms with Crippen LogP contribution >= 0.6 is 24.0 Å². The smallest absolute Gasteiger partial charge is 0.191 e. The number of aromatic nitrogens is 1. The van der Waals surface area contributed by atoms with Crippen molar-refractivity contribution in [2.75, 3.05) is 26.3 Å². The number of guanidine groups is 1. The molecule has 0 bridgehead atoms. The van der Waals surface area contributed by atoms with E-state index in [0.717, 1.165) is 62.1 Å². The normalized spacial score (nSPS) is 16.2. The summed E-state index contributed by atoms with van der Waals surface area (Å²) < 4.78 is 10.6. The highest BCUT2D eigenvalue weighted by Crippen LogP contribution is 2.14. The largest absolute Gasteiger partial charge is 0.381 e. The first-order chi connectivity index (χ1) is 10.2. The quantitative estimate of drug-likeness (QED) is 0.433. The molecule has 1 aliphatic heterocycles. The molecule has 0 aromatic carbocycles. The molecule has 1 aromatic heterocycles. The molecule has 0 atom stereocenters. The lowest BCUT2D eigenvalue weighted by atomic mass is 10.0. The maximum atomic E-state index is 5.39. The van der Waals surface area contributed by atoms with Crippen molar-refractivity contribution < 1.29 is 9.26 Å². The highest BCUT2D eigenvalue weighted by atomic mass is 127. The van der Waals surface area contributed by atoms with Crippen molar-refractivity contribution in [3.63, 3.8) is 0 Å². The summed E-state index contributed by atoms with van der Waals surface area (Å²) in [6.07, 6.45) is 2.24. The first kappa shape index (κ1) is 19.2. The molecule has 7 heteroatoms. The summed E-state index contributed by atoms with van der Waals surface area (Å²) in [7, 11) is 0. The van der Waals surface area contributed by atoms with Gasteiger partial charge in [0.1, 0.15) is 5.76 Å². The molecule has 2 heterocycles. The van der Waals surface area contributed by atoms with E-state index >= 15 is 0 Å². The first-order valence-electron chi connectivity index (χ1n) is 7.72. The zero-order valence-electron chi connectivity index (χ0n) is 13.6. The standard InChI is InChI=1S/C15H26N4O2.HI/c1-4-16-15(17-9-13-5-7-20-8-6-13)18-10-14-11(2)19-21-12(14)3;/h13H,4-10H2,1-3H3,(H2,16,17,18);1H. The molecule has 1 aromatic rings. The van der Waals surface area contributed by atoms with Crippen LogP contribution in [0, 0.1) is 19.8 Å². The van der Waals surface area contributed by atoms with E-state index in [1.165, 1.54) is 0 Å². The van der Waals surface area contributed by atoms with E-state index in [4.69, 9.17) is 9.26 Å². The molecule has 1 fully saturated rings. The Morgan fingerprint density at radius 1 is 1.27 bits per heavy atom. The Bertz CT molecular complexity index is 451. The van der Waals surface area contributed by atoms with Gasteiger partial charge in [-0.2, -0.15) is 0 Å². The second-order valence-corrected chi connectivity index (χ2v) is 5.43. The van der Waals surface area contributed by atoms with Gasteiger partial charge in [-0.05, 0) is 39.5 Å². The Morgan fingerprint density at radius 2 is 2.00 bits per heavy atom. The summed E-state index contributed by atoms with van der Waals surface area (Å²) in [6.45, 7) is 10.1. The van der Waals surface area contributed by atoms with Crippen molar-refractivity contribution in [1.29, 1.82) is 0 Å². The Balaban J connectivity index is 0.00000242. The lowest BCUT2D eigenvalue weighted by Crippen LogP contribution is -2.40. The van der Waals surface area contributed by atoms with Crippen LogP contribution < -0.4 is 10.6 Å². The molecule has 22 heavy (non-hydrogen) atoms. The molecule has 2 rings (SSSR count). The van der Waals surface area contributed by atoms with Gasteiger partial charge in [-0.15, -0.1) is 24.0 Å². The summed E-state index contributed by atoms with van der Waals surface area (Å²) in [5, 5.41) is 10.7. The summed E-state index contributed by atoms with van der Waals surface area (Å²) >= 11 is 0. The van der Waals surface area contributed by atoms with Gasteiger partial charge < -0.3 is 19.9 Å². The van der Waals surface area contributed by atoms with Gasteiger partial charge in [0, 0.05) is 31.9 Å². The van der Waals surface area contributed by atoms with E-state index in [1.807, 2.05) is 13.8 Å². The summed E-state index contributed by atoms with van der Waals surface area (Å²) in [6, 6.07) is 0. The summed E-state index contributed by atoms with van der Waals surface area (Å²) in [5.74, 6) is 2.36. The lowest BCUT2D eigenvalue weighted by molar-refractivity contribution is 0.0675. The van der Waals surface area contributed by atoms with Crippen LogP contribution in [0.1, 0.15) is 36.8 Å². The monoisotopic (exact) mass is 422 g/mol. The molecule has 126 valence electrons. The third kappa shape index (κ3) is 5.75. The van der Waals surface area contributed by atoms with Crippen molar-refractivity contribution in [3.8, 4) is 0 Å². The number of nitrogens with one attached hydrogen (secondary N) is 2. The van der Waals surface area contributed by atoms with Crippen LogP contribution in [0.2, 0.25) is 0 Å². The minimum atomic E-state index is 0. The van der Waals surface area contributed by atoms with Crippen LogP contribution in [0.4, 0.5) is 0 Å². The van der Waals surface area contributed by atoms with E-state index < -0.39 is 0 Å². The Labute approximate surface area is 149 Å². The third-order valence-corrected chi connectivity index (χ3v) is 3.82. The van der Waals surface area contributed by atoms with Gasteiger partial charge in [-0.1, -0.05) is 5.16 Å². The van der Waals surface area contributed by atoms with Gasteiger partial charge in [0.05, 0.1) is 12.2 Å². The number of hydrogen-bond donors (Lipinski definition) is 2. The molecule has 0 unspecified atom stereocenters. The number of ether oxygens (including phenoxy) is 1. The predicted molar refractivity (Wildman–Crippen MR) is 97.8 cm³/mol. The van der Waals surface area contributed by atoms with Crippen molar-refractivity contribution >= 4 is 29.9 Å². The molecule has 0 saturated carbocycles. The third-order valence-electron chi connectivity index (χ3n) is 3.82. The van der Waals surface area contributed by atoms with Crippen molar-refractivity contribution in [1.82, 2.24) is 15.8 Å². The molecule has 1 saturated heterocycles. The maximum absolute atomic E-state index is 5.39. The molecule has 0 spiro atoms. The van der Waals surface area contributed by atoms with Gasteiger partial charge in [-0.25, -0.2) is 4.99 Å². The predicted octanol–water partition coefficient (Wildman–Crippen LogP) is 2.39. The Kier molecular flexibility index (Phi) is 8.77. The van der Waals surface area contributed by atoms with Crippen LogP contribution in [0.15, 0.2) is 9.52 Å². The van der Waals surface area contributed by atoms with Crippen molar-refractivity contribution in [2.24, 2.45) is 10.9 Å². The zero-order chi connectivity index (χ0) is 15.1. The maximum Gasteiger partial charge on any atom is 0.191 e. The fraction of sp³-hybridized carbons (Fsp3) is 0.733. The topological polar surface area (TPSA) is 71.7 Å². The molecule has 1 aliphatic rings. The van der Waals surface area contributed by atoms with Crippen LogP contribution in [0.5, 0.6) is 0 Å². The molecular formula is C15H27IN4O2. The number of rotatable bonds is 5. The van der Waals surface area contributed by atoms with E-state index in [-0.39, 0.29) is 24.0 Å². The average Bonchev–Trinajstić information content (AvgIpc) is 2.82. The molecular weight excluding hydrogens is 395 g/mol. The number of halogens is 1. The summed E-state index contributed by atoms with van der Waals surface area (Å²) in [5.41, 5.74) is 1.98. The fourth-order valence-corrected chi connectivity index (χ4v) is 2.42. The minimum Gasteiger partial charge on any atom is -0.381 e. The van der Waals surface area contributed by atoms with Crippen molar-refractivity contribution in [2.45, 2.75) is 40.2 Å². The minimum absolute atomic E-state index is 0. The number of nitrogens with zero attached hydrogens (tertiary/aromatic N) is 2. The first-order valence-corrected chi connectivity index (χ1v) is 7.72. The lowest BCUT2D eigenvalue weighted by Gasteiger charge is -2.23. The molecule has 0 radical (unpaired) electrons. The second kappa shape index (κ2) is 10.0. The van der Waals surface area contributed by atoms with E-state index in [9.17, 15) is 0 Å². The zero-order valence-corrected chi connectivity index (χ0v) is 16.0. The van der Waals surface area contributed by atoms with E-state index in [1.54, 1.807) is 0 Å². The average molecular weight is 422 g/mol. The molecule has 2 N–H and O–H groups in total. The fourth-order valence-electron chi connectivity index (χ4n) is 2.42. The number of aliphatic imine (C=N–C) groups is 1. The Hall–Kier alpha value is -0.830. The Morgan fingerprint density at radius 3 is 2.59 bits per heavy atom. The molecule has 0 amide bonds. The second-order valence-electron chi connectivity index (χ2n) is 5.43. The molecule has 6 nitrogen and oxygen atoms in total. The van der Waals surface area contributed by atoms with Gasteiger partial charge >= 0.3 is 0 Å². The number of aryl methyl sites for hydroxylation is 2. The van der Waals surface area contributed by atoms with Crippen LogP contribution in [-0.4, -0.2) is 37.4 Å². The van der Waals surface area contributed by atoms with E-state index in [0.29, 0.717) is 12.5 Å². The molecule has 0 aliphatic carbocycles. The highest BCUT2D eigenvalue weighted by Gasteiger charge is 2.14. The van der Waals surface area contributed by atoms with E-state index in [2.05, 4.69) is 27.7 Å². The van der Waals surface area contributed by atoms with Crippen LogP contribution in [-0.2, 0) is 11.3 Å². The number of hydrogen-bond acceptors (Lipinski definition) is 4. The summed E-state index contributed by atoms with van der Waals surface area (Å²) in [4.78, 5) is 4.63. The van der Waals surface area contributed by atoms with Gasteiger partial charge in [0.2, 0.25) is 0 Å². The van der Waals surface area contributed by atoms with Crippen LogP contribution in [0.25, 0.3) is 0 Å². The van der Waals surface area contributed by atoms with Gasteiger partial charge in [0.15, 0.2) is 5.96 Å².